The highest BCUT2D eigenvalue weighted by Crippen LogP contribution is 2.20. The van der Waals surface area contributed by atoms with Crippen LogP contribution in [0.5, 0.6) is 0 Å². The van der Waals surface area contributed by atoms with E-state index >= 15 is 0 Å². The zero-order valence-electron chi connectivity index (χ0n) is 19.9. The van der Waals surface area contributed by atoms with E-state index in [0.29, 0.717) is 11.1 Å². The molecule has 0 aliphatic rings. The highest BCUT2D eigenvalue weighted by molar-refractivity contribution is 5.98. The second-order valence-corrected chi connectivity index (χ2v) is 8.41. The predicted molar refractivity (Wildman–Crippen MR) is 131 cm³/mol. The van der Waals surface area contributed by atoms with Gasteiger partial charge in [0, 0.05) is 11.1 Å². The summed E-state index contributed by atoms with van der Waals surface area (Å²) in [6.45, 7) is 2.83. The average molecular weight is 502 g/mol. The molecular weight excluding hydrogens is 480 g/mol. The number of Topliss-reactive ketones (excluding diaryl/α,β-unsaturated/α-hetero) is 1. The number of hydrogen-bond donors (Lipinski definition) is 1. The first kappa shape index (κ1) is 25.1. The van der Waals surface area contributed by atoms with Crippen molar-refractivity contribution in [3.8, 4) is 22.8 Å². The van der Waals surface area contributed by atoms with Gasteiger partial charge in [-0.05, 0) is 18.1 Å². The summed E-state index contributed by atoms with van der Waals surface area (Å²) in [6.07, 6.45) is 0.861. The van der Waals surface area contributed by atoms with Crippen molar-refractivity contribution in [2.45, 2.75) is 26.4 Å². The van der Waals surface area contributed by atoms with Crippen LogP contribution in [-0.2, 0) is 11.3 Å². The molecular formula is C25H22N6O6. The summed E-state index contributed by atoms with van der Waals surface area (Å²) in [4.78, 5) is 53.5. The summed E-state index contributed by atoms with van der Waals surface area (Å²) in [5.41, 5.74) is -0.655. The van der Waals surface area contributed by atoms with E-state index in [9.17, 15) is 24.5 Å². The lowest BCUT2D eigenvalue weighted by atomic mass is 9.99. The fraction of sp³-hybridized carbons (Fsp3) is 0.200. The van der Waals surface area contributed by atoms with E-state index in [0.717, 1.165) is 10.8 Å². The first-order valence-corrected chi connectivity index (χ1v) is 11.3. The lowest BCUT2D eigenvalue weighted by Gasteiger charge is -2.20. The van der Waals surface area contributed by atoms with Crippen LogP contribution in [0, 0.1) is 16.0 Å². The molecule has 0 fully saturated rings. The molecule has 2 aromatic carbocycles. The number of nitrogens with zero attached hydrogens (tertiary/aromatic N) is 5. The smallest absolute Gasteiger partial charge is 0.352 e. The van der Waals surface area contributed by atoms with Crippen LogP contribution in [0.3, 0.4) is 0 Å². The molecule has 1 amide bonds. The van der Waals surface area contributed by atoms with Crippen LogP contribution in [-0.4, -0.2) is 42.4 Å². The van der Waals surface area contributed by atoms with Gasteiger partial charge in [0.25, 0.3) is 5.89 Å². The minimum atomic E-state index is -1.06. The first-order chi connectivity index (χ1) is 17.8. The SMILES string of the molecule is CC(C)[C@H](NC(=O)Cn1c(-c2ccccc2)ncc([N+](=O)[O-])c1=O)C(=O)c1nnc(-c2ccccc2)o1. The van der Waals surface area contributed by atoms with Crippen molar-refractivity contribution >= 4 is 17.4 Å². The summed E-state index contributed by atoms with van der Waals surface area (Å²) >= 11 is 0. The number of nitro groups is 1. The third-order valence-electron chi connectivity index (χ3n) is 5.48. The van der Waals surface area contributed by atoms with Crippen LogP contribution in [0.1, 0.15) is 24.5 Å². The Morgan fingerprint density at radius 2 is 1.65 bits per heavy atom. The van der Waals surface area contributed by atoms with Gasteiger partial charge in [-0.15, -0.1) is 10.2 Å². The Balaban J connectivity index is 1.60. The molecule has 0 unspecified atom stereocenters. The van der Waals surface area contributed by atoms with Crippen LogP contribution < -0.4 is 10.9 Å². The van der Waals surface area contributed by atoms with E-state index in [1.807, 2.05) is 6.07 Å². The normalized spacial score (nSPS) is 11.8. The van der Waals surface area contributed by atoms with Crippen molar-refractivity contribution < 1.29 is 18.9 Å². The molecule has 0 aliphatic carbocycles. The molecule has 12 nitrogen and oxygen atoms in total. The molecule has 0 saturated carbocycles. The van der Waals surface area contributed by atoms with Crippen LogP contribution in [0.4, 0.5) is 5.69 Å². The molecule has 37 heavy (non-hydrogen) atoms. The molecule has 188 valence electrons. The summed E-state index contributed by atoms with van der Waals surface area (Å²) < 4.78 is 6.44. The van der Waals surface area contributed by atoms with Crippen molar-refractivity contribution in [1.82, 2.24) is 25.1 Å². The molecule has 0 saturated heterocycles. The van der Waals surface area contributed by atoms with Gasteiger partial charge in [-0.3, -0.25) is 29.1 Å². The molecule has 1 N–H and O–H groups in total. The number of aromatic nitrogens is 4. The van der Waals surface area contributed by atoms with Gasteiger partial charge in [0.2, 0.25) is 17.6 Å². The lowest BCUT2D eigenvalue weighted by Crippen LogP contribution is -2.46. The van der Waals surface area contributed by atoms with E-state index < -0.39 is 40.4 Å². The minimum Gasteiger partial charge on any atom is -0.414 e. The summed E-state index contributed by atoms with van der Waals surface area (Å²) in [7, 11) is 0. The number of ketones is 1. The Morgan fingerprint density at radius 1 is 1.03 bits per heavy atom. The maximum atomic E-state index is 13.1. The lowest BCUT2D eigenvalue weighted by molar-refractivity contribution is -0.386. The zero-order chi connectivity index (χ0) is 26.5. The number of benzene rings is 2. The van der Waals surface area contributed by atoms with E-state index in [1.54, 1.807) is 68.4 Å². The molecule has 2 heterocycles. The van der Waals surface area contributed by atoms with Gasteiger partial charge in [0.1, 0.15) is 18.6 Å². The van der Waals surface area contributed by atoms with Gasteiger partial charge >= 0.3 is 11.2 Å². The summed E-state index contributed by atoms with van der Waals surface area (Å²) in [5.74, 6) is -1.76. The number of carbonyl (C=O) groups is 2. The van der Waals surface area contributed by atoms with Gasteiger partial charge in [-0.2, -0.15) is 0 Å². The Kier molecular flexibility index (Phi) is 7.28. The van der Waals surface area contributed by atoms with Gasteiger partial charge in [0.15, 0.2) is 0 Å². The van der Waals surface area contributed by atoms with Crippen molar-refractivity contribution in [1.29, 1.82) is 0 Å². The maximum Gasteiger partial charge on any atom is 0.352 e. The third kappa shape index (κ3) is 5.48. The molecule has 12 heteroatoms. The van der Waals surface area contributed by atoms with Gasteiger partial charge in [-0.1, -0.05) is 62.4 Å². The van der Waals surface area contributed by atoms with Gasteiger partial charge in [-0.25, -0.2) is 4.98 Å². The highest BCUT2D eigenvalue weighted by Gasteiger charge is 2.30. The van der Waals surface area contributed by atoms with Crippen LogP contribution in [0.15, 0.2) is 76.1 Å². The summed E-state index contributed by atoms with van der Waals surface area (Å²) in [6, 6.07) is 16.3. The van der Waals surface area contributed by atoms with Crippen molar-refractivity contribution in [3.05, 3.63) is 93.2 Å². The Bertz CT molecular complexity index is 1500. The molecule has 1 atom stereocenters. The van der Waals surface area contributed by atoms with Gasteiger partial charge in [0.05, 0.1) is 11.0 Å². The summed E-state index contributed by atoms with van der Waals surface area (Å²) in [5, 5.41) is 21.6. The fourth-order valence-electron chi connectivity index (χ4n) is 3.62. The molecule has 0 bridgehead atoms. The largest absolute Gasteiger partial charge is 0.414 e. The standard InChI is InChI=1S/C25H22N6O6/c1-15(2)20(21(33)24-29-28-23(37-24)17-11-7-4-8-12-17)27-19(32)14-30-22(16-9-5-3-6-10-16)26-13-18(25(30)34)31(35)36/h3-13,15,20H,14H2,1-2H3,(H,27,32)/t20-/m0/s1. The second kappa shape index (κ2) is 10.7. The molecule has 0 radical (unpaired) electrons. The number of amides is 1. The fourth-order valence-corrected chi connectivity index (χ4v) is 3.62. The number of hydrogen-bond acceptors (Lipinski definition) is 9. The van der Waals surface area contributed by atoms with Crippen LogP contribution in [0.2, 0.25) is 0 Å². The number of rotatable bonds is 9. The van der Waals surface area contributed by atoms with Crippen molar-refractivity contribution in [2.24, 2.45) is 5.92 Å². The molecule has 2 aromatic heterocycles. The van der Waals surface area contributed by atoms with E-state index in [4.69, 9.17) is 4.42 Å². The number of carbonyl (C=O) groups excluding carboxylic acids is 2. The predicted octanol–water partition coefficient (Wildman–Crippen LogP) is 2.89. The topological polar surface area (TPSA) is 163 Å². The third-order valence-corrected chi connectivity index (χ3v) is 5.48. The Hall–Kier alpha value is -5.00. The minimum absolute atomic E-state index is 0.0724. The highest BCUT2D eigenvalue weighted by atomic mass is 16.6. The molecule has 4 aromatic rings. The van der Waals surface area contributed by atoms with Crippen molar-refractivity contribution in [3.63, 3.8) is 0 Å². The number of nitrogens with one attached hydrogen (secondary N) is 1. The average Bonchev–Trinajstić information content (AvgIpc) is 3.39. The van der Waals surface area contributed by atoms with Gasteiger partial charge < -0.3 is 9.73 Å². The Morgan fingerprint density at radius 3 is 2.24 bits per heavy atom. The van der Waals surface area contributed by atoms with Crippen LogP contribution >= 0.6 is 0 Å². The van der Waals surface area contributed by atoms with E-state index in [2.05, 4.69) is 20.5 Å². The van der Waals surface area contributed by atoms with E-state index in [-0.39, 0.29) is 23.5 Å². The quantitative estimate of drug-likeness (QED) is 0.206. The maximum absolute atomic E-state index is 13.1. The molecule has 0 aliphatic heterocycles. The van der Waals surface area contributed by atoms with Crippen LogP contribution in [0.25, 0.3) is 22.8 Å². The Labute approximate surface area is 210 Å². The molecule has 0 spiro atoms. The first-order valence-electron chi connectivity index (χ1n) is 11.3. The molecule has 4 rings (SSSR count). The monoisotopic (exact) mass is 502 g/mol. The van der Waals surface area contributed by atoms with E-state index in [1.165, 1.54) is 0 Å². The van der Waals surface area contributed by atoms with Crippen molar-refractivity contribution in [2.75, 3.05) is 0 Å². The zero-order valence-corrected chi connectivity index (χ0v) is 19.9. The second-order valence-electron chi connectivity index (χ2n) is 8.41.